The highest BCUT2D eigenvalue weighted by atomic mass is 16.5. The van der Waals surface area contributed by atoms with Crippen molar-refractivity contribution in [3.05, 3.63) is 35.4 Å². The fraction of sp³-hybridized carbons (Fsp3) is 0.696. The monoisotopic (exact) mass is 385 g/mol. The van der Waals surface area contributed by atoms with Crippen LogP contribution in [0.1, 0.15) is 56.1 Å². The van der Waals surface area contributed by atoms with Crippen LogP contribution in [-0.2, 0) is 22.6 Å². The smallest absolute Gasteiger partial charge is 0.193 e. The van der Waals surface area contributed by atoms with E-state index in [-0.39, 0.29) is 0 Å². The number of benzene rings is 1. The molecule has 0 bridgehead atoms. The number of rotatable bonds is 5. The third-order valence-corrected chi connectivity index (χ3v) is 6.71. The Kier molecular flexibility index (Phi) is 6.53. The van der Waals surface area contributed by atoms with Gasteiger partial charge in [0.1, 0.15) is 0 Å². The molecule has 0 unspecified atom stereocenters. The Hall–Kier alpha value is -1.59. The highest BCUT2D eigenvalue weighted by Gasteiger charge is 2.41. The van der Waals surface area contributed by atoms with E-state index in [0.717, 1.165) is 45.1 Å². The Morgan fingerprint density at radius 1 is 1.21 bits per heavy atom. The van der Waals surface area contributed by atoms with Gasteiger partial charge in [0.25, 0.3) is 0 Å². The van der Waals surface area contributed by atoms with E-state index >= 15 is 0 Å². The van der Waals surface area contributed by atoms with Crippen LogP contribution < -0.4 is 5.32 Å². The van der Waals surface area contributed by atoms with Gasteiger partial charge in [0.2, 0.25) is 0 Å². The van der Waals surface area contributed by atoms with Crippen LogP contribution in [0.5, 0.6) is 0 Å². The molecule has 154 valence electrons. The summed E-state index contributed by atoms with van der Waals surface area (Å²) < 4.78 is 11.5. The van der Waals surface area contributed by atoms with Crippen LogP contribution >= 0.6 is 0 Å². The summed E-state index contributed by atoms with van der Waals surface area (Å²) >= 11 is 0. The number of nitrogens with zero attached hydrogens (tertiary/aromatic N) is 2. The maximum absolute atomic E-state index is 6.07. The van der Waals surface area contributed by atoms with Gasteiger partial charge in [-0.15, -0.1) is 0 Å². The standard InChI is InChI=1S/C23H35N3O2/c1-24-22(26-12-11-23(18-26)9-2-3-10-23)25-16-19-5-4-6-20(15-19)17-28-21-7-13-27-14-8-21/h4-6,15,21H,2-3,7-14,16-18H2,1H3,(H,24,25). The largest absolute Gasteiger partial charge is 0.381 e. The Bertz CT molecular complexity index is 664. The normalized spacial score (nSPS) is 22.9. The van der Waals surface area contributed by atoms with Crippen molar-refractivity contribution >= 4 is 5.96 Å². The van der Waals surface area contributed by atoms with Gasteiger partial charge in [0, 0.05) is 39.9 Å². The molecule has 5 nitrogen and oxygen atoms in total. The highest BCUT2D eigenvalue weighted by molar-refractivity contribution is 5.80. The van der Waals surface area contributed by atoms with Crippen molar-refractivity contribution in [2.75, 3.05) is 33.4 Å². The summed E-state index contributed by atoms with van der Waals surface area (Å²) in [6.45, 7) is 5.45. The molecule has 4 rings (SSSR count). The van der Waals surface area contributed by atoms with E-state index in [1.807, 2.05) is 7.05 Å². The van der Waals surface area contributed by atoms with E-state index in [2.05, 4.69) is 39.5 Å². The van der Waals surface area contributed by atoms with Gasteiger partial charge < -0.3 is 19.7 Å². The number of hydrogen-bond donors (Lipinski definition) is 1. The number of ether oxygens (including phenoxy) is 2. The summed E-state index contributed by atoms with van der Waals surface area (Å²) in [7, 11) is 1.90. The second-order valence-electron chi connectivity index (χ2n) is 8.72. The van der Waals surface area contributed by atoms with Gasteiger partial charge in [0.05, 0.1) is 12.7 Å². The molecule has 0 atom stereocenters. The molecule has 1 aromatic carbocycles. The van der Waals surface area contributed by atoms with Crippen molar-refractivity contribution in [1.82, 2.24) is 10.2 Å². The molecule has 0 amide bonds. The molecule has 1 aliphatic carbocycles. The molecule has 28 heavy (non-hydrogen) atoms. The summed E-state index contributed by atoms with van der Waals surface area (Å²) in [6.07, 6.45) is 9.29. The van der Waals surface area contributed by atoms with Gasteiger partial charge in [-0.05, 0) is 48.6 Å². The summed E-state index contributed by atoms with van der Waals surface area (Å²) in [6, 6.07) is 8.72. The molecule has 1 saturated carbocycles. The molecule has 3 fully saturated rings. The number of likely N-dealkylation sites (tertiary alicyclic amines) is 1. The lowest BCUT2D eigenvalue weighted by Gasteiger charge is -2.26. The molecule has 2 aliphatic heterocycles. The first kappa shape index (κ1) is 19.7. The summed E-state index contributed by atoms with van der Waals surface area (Å²) in [5, 5.41) is 3.59. The summed E-state index contributed by atoms with van der Waals surface area (Å²) in [5.74, 6) is 1.05. The minimum absolute atomic E-state index is 0.340. The second-order valence-corrected chi connectivity index (χ2v) is 8.72. The van der Waals surface area contributed by atoms with Crippen molar-refractivity contribution in [1.29, 1.82) is 0 Å². The van der Waals surface area contributed by atoms with Crippen LogP contribution in [0, 0.1) is 5.41 Å². The van der Waals surface area contributed by atoms with Crippen LogP contribution in [0.2, 0.25) is 0 Å². The third-order valence-electron chi connectivity index (χ3n) is 6.71. The molecular formula is C23H35N3O2. The van der Waals surface area contributed by atoms with E-state index in [4.69, 9.17) is 9.47 Å². The van der Waals surface area contributed by atoms with E-state index < -0.39 is 0 Å². The Morgan fingerprint density at radius 2 is 2.00 bits per heavy atom. The lowest BCUT2D eigenvalue weighted by atomic mass is 9.86. The summed E-state index contributed by atoms with van der Waals surface area (Å²) in [4.78, 5) is 7.02. The molecule has 5 heteroatoms. The molecule has 0 aromatic heterocycles. The zero-order valence-corrected chi connectivity index (χ0v) is 17.3. The van der Waals surface area contributed by atoms with Crippen LogP contribution in [0.15, 0.2) is 29.3 Å². The zero-order chi connectivity index (χ0) is 19.2. The van der Waals surface area contributed by atoms with Gasteiger partial charge in [-0.3, -0.25) is 4.99 Å². The maximum Gasteiger partial charge on any atom is 0.193 e. The predicted molar refractivity (Wildman–Crippen MR) is 112 cm³/mol. The first-order chi connectivity index (χ1) is 13.8. The minimum Gasteiger partial charge on any atom is -0.381 e. The number of hydrogen-bond acceptors (Lipinski definition) is 3. The Balaban J connectivity index is 1.27. The lowest BCUT2D eigenvalue weighted by molar-refractivity contribution is -0.0390. The molecule has 2 heterocycles. The zero-order valence-electron chi connectivity index (χ0n) is 17.3. The van der Waals surface area contributed by atoms with E-state index in [1.54, 1.807) is 0 Å². The fourth-order valence-corrected chi connectivity index (χ4v) is 5.05. The molecule has 1 N–H and O–H groups in total. The Morgan fingerprint density at radius 3 is 2.79 bits per heavy atom. The lowest BCUT2D eigenvalue weighted by Crippen LogP contribution is -2.40. The van der Waals surface area contributed by atoms with Gasteiger partial charge in [-0.25, -0.2) is 0 Å². The van der Waals surface area contributed by atoms with E-state index in [1.165, 1.54) is 49.8 Å². The molecule has 3 aliphatic rings. The van der Waals surface area contributed by atoms with Crippen LogP contribution in [0.3, 0.4) is 0 Å². The topological polar surface area (TPSA) is 46.1 Å². The molecular weight excluding hydrogens is 350 g/mol. The quantitative estimate of drug-likeness (QED) is 0.620. The van der Waals surface area contributed by atoms with E-state index in [9.17, 15) is 0 Å². The van der Waals surface area contributed by atoms with Crippen molar-refractivity contribution in [3.8, 4) is 0 Å². The van der Waals surface area contributed by atoms with Crippen molar-refractivity contribution in [2.45, 2.75) is 64.2 Å². The van der Waals surface area contributed by atoms with Crippen LogP contribution in [0.4, 0.5) is 0 Å². The summed E-state index contributed by atoms with van der Waals surface area (Å²) in [5.41, 5.74) is 3.09. The van der Waals surface area contributed by atoms with Gasteiger partial charge in [-0.2, -0.15) is 0 Å². The van der Waals surface area contributed by atoms with Crippen LogP contribution in [-0.4, -0.2) is 50.3 Å². The average molecular weight is 386 g/mol. The van der Waals surface area contributed by atoms with E-state index in [0.29, 0.717) is 18.1 Å². The first-order valence-corrected chi connectivity index (χ1v) is 11.0. The van der Waals surface area contributed by atoms with Crippen molar-refractivity contribution < 1.29 is 9.47 Å². The maximum atomic E-state index is 6.07. The third kappa shape index (κ3) is 4.87. The fourth-order valence-electron chi connectivity index (χ4n) is 5.05. The molecule has 1 spiro atoms. The van der Waals surface area contributed by atoms with Gasteiger partial charge in [0.15, 0.2) is 5.96 Å². The van der Waals surface area contributed by atoms with Crippen LogP contribution in [0.25, 0.3) is 0 Å². The van der Waals surface area contributed by atoms with Crippen molar-refractivity contribution in [3.63, 3.8) is 0 Å². The second kappa shape index (κ2) is 9.27. The number of aliphatic imine (C=N–C) groups is 1. The molecule has 0 radical (unpaired) electrons. The number of guanidine groups is 1. The predicted octanol–water partition coefficient (Wildman–Crippen LogP) is 3.72. The SMILES string of the molecule is CN=C(NCc1cccc(COC2CCOCC2)c1)N1CCC2(CCCC2)C1. The highest BCUT2D eigenvalue weighted by Crippen LogP contribution is 2.45. The van der Waals surface area contributed by atoms with Crippen molar-refractivity contribution in [2.24, 2.45) is 10.4 Å². The first-order valence-electron chi connectivity index (χ1n) is 11.0. The molecule has 1 aromatic rings. The van der Waals surface area contributed by atoms with Gasteiger partial charge in [-0.1, -0.05) is 37.1 Å². The minimum atomic E-state index is 0.340. The average Bonchev–Trinajstić information content (AvgIpc) is 3.38. The number of nitrogens with one attached hydrogen (secondary N) is 1. The molecule has 2 saturated heterocycles. The Labute approximate surface area is 169 Å². The van der Waals surface area contributed by atoms with Gasteiger partial charge >= 0.3 is 0 Å².